The number of aromatic nitrogens is 1. The number of para-hydroxylation sites is 1. The topological polar surface area (TPSA) is 4.93 Å². The molecule has 0 aliphatic rings. The summed E-state index contributed by atoms with van der Waals surface area (Å²) >= 11 is 0. The third-order valence-electron chi connectivity index (χ3n) is 9.75. The highest BCUT2D eigenvalue weighted by molar-refractivity contribution is 8.34. The van der Waals surface area contributed by atoms with Gasteiger partial charge in [0.2, 0.25) is 0 Å². The molecule has 236 valence electrons. The van der Waals surface area contributed by atoms with E-state index in [1.165, 1.54) is 56.9 Å². The predicted molar refractivity (Wildman–Crippen MR) is 208 cm³/mol. The molecule has 8 rings (SSSR count). The standard InChI is InChI=1S/C45H39NS2/c1-3-48(38-25-15-7-16-26-38,39-27-17-8-18-28-39)41-30-32-45-43(34-41)42-33-40(29-31-44(42)46(45)35-19-9-4-10-20-35)47(2,36-21-11-5-12-22-36)37-23-13-6-14-24-37/h4-34H,3H2,1-2H3. The normalized spacial score (nSPS) is 12.7. The van der Waals surface area contributed by atoms with Crippen molar-refractivity contribution in [2.45, 2.75) is 36.3 Å². The molecule has 1 nitrogen and oxygen atoms in total. The van der Waals surface area contributed by atoms with Crippen LogP contribution in [0.5, 0.6) is 0 Å². The molecule has 0 spiro atoms. The van der Waals surface area contributed by atoms with Crippen LogP contribution in [-0.4, -0.2) is 16.6 Å². The van der Waals surface area contributed by atoms with Crippen molar-refractivity contribution in [2.24, 2.45) is 0 Å². The van der Waals surface area contributed by atoms with Gasteiger partial charge in [-0.15, -0.1) is 0 Å². The zero-order chi connectivity index (χ0) is 32.6. The highest BCUT2D eigenvalue weighted by Crippen LogP contribution is 2.69. The molecule has 0 fully saturated rings. The minimum atomic E-state index is -1.52. The number of benzene rings is 7. The highest BCUT2D eigenvalue weighted by atomic mass is 32.3. The molecule has 0 atom stereocenters. The zero-order valence-electron chi connectivity index (χ0n) is 27.4. The molecule has 3 heteroatoms. The number of rotatable bonds is 8. The molecule has 7 aromatic carbocycles. The van der Waals surface area contributed by atoms with Crippen LogP contribution in [0.2, 0.25) is 0 Å². The number of nitrogens with zero attached hydrogens (tertiary/aromatic N) is 1. The predicted octanol–water partition coefficient (Wildman–Crippen LogP) is 13.0. The van der Waals surface area contributed by atoms with Crippen molar-refractivity contribution in [2.75, 3.05) is 12.0 Å². The van der Waals surface area contributed by atoms with Gasteiger partial charge in [-0.25, -0.2) is 0 Å². The molecule has 0 saturated heterocycles. The van der Waals surface area contributed by atoms with E-state index >= 15 is 0 Å². The molecular formula is C45H39NS2. The van der Waals surface area contributed by atoms with Crippen LogP contribution in [-0.2, 0) is 0 Å². The van der Waals surface area contributed by atoms with Crippen molar-refractivity contribution in [3.05, 3.63) is 188 Å². The molecule has 48 heavy (non-hydrogen) atoms. The van der Waals surface area contributed by atoms with E-state index in [1.54, 1.807) is 0 Å². The van der Waals surface area contributed by atoms with E-state index in [2.05, 4.69) is 206 Å². The largest absolute Gasteiger partial charge is 0.309 e. The van der Waals surface area contributed by atoms with Crippen molar-refractivity contribution in [1.29, 1.82) is 0 Å². The molecule has 1 aromatic heterocycles. The Morgan fingerprint density at radius 1 is 0.396 bits per heavy atom. The van der Waals surface area contributed by atoms with E-state index in [9.17, 15) is 0 Å². The zero-order valence-corrected chi connectivity index (χ0v) is 29.0. The van der Waals surface area contributed by atoms with Gasteiger partial charge in [0, 0.05) is 16.5 Å². The van der Waals surface area contributed by atoms with Crippen LogP contribution in [0.25, 0.3) is 27.5 Å². The van der Waals surface area contributed by atoms with Gasteiger partial charge in [-0.3, -0.25) is 0 Å². The minimum Gasteiger partial charge on any atom is -0.309 e. The van der Waals surface area contributed by atoms with Crippen LogP contribution >= 0.6 is 20.1 Å². The summed E-state index contributed by atoms with van der Waals surface area (Å²) in [6.45, 7) is 2.36. The molecule has 0 radical (unpaired) electrons. The second kappa shape index (κ2) is 12.6. The average molecular weight is 658 g/mol. The lowest BCUT2D eigenvalue weighted by Crippen LogP contribution is -2.06. The summed E-state index contributed by atoms with van der Waals surface area (Å²) in [6.07, 6.45) is 2.46. The molecule has 0 aliphatic heterocycles. The van der Waals surface area contributed by atoms with E-state index in [0.29, 0.717) is 0 Å². The Kier molecular flexibility index (Phi) is 7.96. The van der Waals surface area contributed by atoms with E-state index in [0.717, 1.165) is 5.75 Å². The van der Waals surface area contributed by atoms with Gasteiger partial charge in [0.05, 0.1) is 11.0 Å². The van der Waals surface area contributed by atoms with E-state index in [4.69, 9.17) is 0 Å². The summed E-state index contributed by atoms with van der Waals surface area (Å²) in [6, 6.07) is 69.9. The first-order valence-electron chi connectivity index (χ1n) is 16.6. The lowest BCUT2D eigenvalue weighted by molar-refractivity contribution is 1.17. The Morgan fingerprint density at radius 3 is 1.21 bits per heavy atom. The maximum Gasteiger partial charge on any atom is 0.0541 e. The maximum absolute atomic E-state index is 2.53. The van der Waals surface area contributed by atoms with Crippen molar-refractivity contribution in [3.8, 4) is 5.69 Å². The Morgan fingerprint density at radius 2 is 0.771 bits per heavy atom. The fourth-order valence-electron chi connectivity index (χ4n) is 7.31. The summed E-state index contributed by atoms with van der Waals surface area (Å²) in [5, 5.41) is 2.59. The summed E-state index contributed by atoms with van der Waals surface area (Å²) < 4.78 is 2.45. The molecule has 0 bridgehead atoms. The average Bonchev–Trinajstić information content (AvgIpc) is 3.50. The second-order valence-electron chi connectivity index (χ2n) is 12.2. The van der Waals surface area contributed by atoms with Gasteiger partial charge in [-0.1, -0.05) is 97.9 Å². The van der Waals surface area contributed by atoms with Gasteiger partial charge in [-0.2, -0.15) is 20.1 Å². The van der Waals surface area contributed by atoms with Gasteiger partial charge in [0.1, 0.15) is 0 Å². The van der Waals surface area contributed by atoms with Crippen LogP contribution in [0.1, 0.15) is 6.92 Å². The molecule has 0 aliphatic carbocycles. The lowest BCUT2D eigenvalue weighted by atomic mass is 10.1. The Bertz CT molecular complexity index is 2240. The summed E-state index contributed by atoms with van der Waals surface area (Å²) in [5.74, 6) is 1.03. The summed E-state index contributed by atoms with van der Waals surface area (Å²) in [7, 11) is -3.04. The van der Waals surface area contributed by atoms with Gasteiger partial charge in [0.25, 0.3) is 0 Å². The number of hydrogen-bond acceptors (Lipinski definition) is 0. The summed E-state index contributed by atoms with van der Waals surface area (Å²) in [4.78, 5) is 8.29. The van der Waals surface area contributed by atoms with Crippen molar-refractivity contribution < 1.29 is 0 Å². The van der Waals surface area contributed by atoms with Gasteiger partial charge in [0.15, 0.2) is 0 Å². The first kappa shape index (κ1) is 30.4. The molecule has 0 amide bonds. The molecular weight excluding hydrogens is 619 g/mol. The van der Waals surface area contributed by atoms with Crippen LogP contribution in [0, 0.1) is 0 Å². The molecule has 8 aromatic rings. The van der Waals surface area contributed by atoms with Crippen LogP contribution < -0.4 is 0 Å². The van der Waals surface area contributed by atoms with Crippen molar-refractivity contribution in [3.63, 3.8) is 0 Å². The second-order valence-corrected chi connectivity index (χ2v) is 18.9. The van der Waals surface area contributed by atoms with Gasteiger partial charge < -0.3 is 4.57 Å². The van der Waals surface area contributed by atoms with Crippen LogP contribution in [0.3, 0.4) is 0 Å². The SMILES string of the molecule is CCS(c1ccccc1)(c1ccccc1)c1ccc2c(c1)c1cc(S(C)(c3ccccc3)c3ccccc3)ccc1n2-c1ccccc1. The quantitative estimate of drug-likeness (QED) is 0.153. The first-order chi connectivity index (χ1) is 23.6. The fraction of sp³-hybridized carbons (Fsp3) is 0.0667. The molecule has 0 N–H and O–H groups in total. The van der Waals surface area contributed by atoms with Gasteiger partial charge >= 0.3 is 0 Å². The minimum absolute atomic E-state index is 1.03. The lowest BCUT2D eigenvalue weighted by Gasteiger charge is -2.41. The monoisotopic (exact) mass is 657 g/mol. The van der Waals surface area contributed by atoms with E-state index in [1.807, 2.05) is 0 Å². The first-order valence-corrected chi connectivity index (χ1v) is 20.4. The Balaban J connectivity index is 1.45. The Labute approximate surface area is 287 Å². The third kappa shape index (κ3) is 4.89. The number of fused-ring (bicyclic) bond motifs is 3. The van der Waals surface area contributed by atoms with Crippen molar-refractivity contribution in [1.82, 2.24) is 4.57 Å². The third-order valence-corrected chi connectivity index (χ3v) is 17.5. The van der Waals surface area contributed by atoms with Gasteiger partial charge in [-0.05, 0) is 138 Å². The van der Waals surface area contributed by atoms with Crippen LogP contribution in [0.4, 0.5) is 0 Å². The fourth-order valence-corrected chi connectivity index (χ4v) is 13.9. The smallest absolute Gasteiger partial charge is 0.0541 e. The molecule has 1 heterocycles. The number of hydrogen-bond donors (Lipinski definition) is 0. The molecule has 0 saturated carbocycles. The van der Waals surface area contributed by atoms with Crippen LogP contribution in [0.15, 0.2) is 217 Å². The van der Waals surface area contributed by atoms with E-state index in [-0.39, 0.29) is 0 Å². The molecule has 0 unspecified atom stereocenters. The van der Waals surface area contributed by atoms with Crippen molar-refractivity contribution >= 4 is 41.9 Å². The maximum atomic E-state index is 2.53. The van der Waals surface area contributed by atoms with E-state index < -0.39 is 20.1 Å². The summed E-state index contributed by atoms with van der Waals surface area (Å²) in [5.41, 5.74) is 3.65. The highest BCUT2D eigenvalue weighted by Gasteiger charge is 2.31. The Hall–Kier alpha value is -4.96.